The molecule has 16 heavy (non-hydrogen) atoms. The zero-order chi connectivity index (χ0) is 11.5. The Kier molecular flexibility index (Phi) is 2.81. The standard InChI is InChI=1S/C12H10F2N2/c1-15-9-4-5-16-12(7-9)8-2-3-10(13)11(14)6-8/h2-7H,1H3,(H,15,16). The molecule has 0 atom stereocenters. The van der Waals surface area contributed by atoms with Crippen LogP contribution in [-0.2, 0) is 0 Å². The fourth-order valence-corrected chi connectivity index (χ4v) is 1.40. The van der Waals surface area contributed by atoms with Crippen molar-refractivity contribution in [3.63, 3.8) is 0 Å². The summed E-state index contributed by atoms with van der Waals surface area (Å²) in [6.07, 6.45) is 1.61. The quantitative estimate of drug-likeness (QED) is 0.841. The molecule has 82 valence electrons. The fourth-order valence-electron chi connectivity index (χ4n) is 1.40. The van der Waals surface area contributed by atoms with Gasteiger partial charge in [-0.3, -0.25) is 4.98 Å². The predicted octanol–water partition coefficient (Wildman–Crippen LogP) is 3.07. The van der Waals surface area contributed by atoms with Crippen LogP contribution in [0.25, 0.3) is 11.3 Å². The third-order valence-corrected chi connectivity index (χ3v) is 2.26. The van der Waals surface area contributed by atoms with Crippen LogP contribution in [0.5, 0.6) is 0 Å². The lowest BCUT2D eigenvalue weighted by Crippen LogP contribution is -1.91. The highest BCUT2D eigenvalue weighted by Gasteiger charge is 2.05. The van der Waals surface area contributed by atoms with Gasteiger partial charge in [-0.15, -0.1) is 0 Å². The first-order chi connectivity index (χ1) is 7.70. The maximum Gasteiger partial charge on any atom is 0.159 e. The summed E-state index contributed by atoms with van der Waals surface area (Å²) in [7, 11) is 1.78. The fraction of sp³-hybridized carbons (Fsp3) is 0.0833. The van der Waals surface area contributed by atoms with Crippen LogP contribution in [-0.4, -0.2) is 12.0 Å². The molecule has 0 saturated heterocycles. The molecule has 0 fully saturated rings. The highest BCUT2D eigenvalue weighted by Crippen LogP contribution is 2.21. The van der Waals surface area contributed by atoms with E-state index in [2.05, 4.69) is 10.3 Å². The molecule has 2 rings (SSSR count). The second-order valence-electron chi connectivity index (χ2n) is 3.31. The second-order valence-corrected chi connectivity index (χ2v) is 3.31. The normalized spacial score (nSPS) is 10.2. The molecular weight excluding hydrogens is 210 g/mol. The molecule has 0 saturated carbocycles. The van der Waals surface area contributed by atoms with Gasteiger partial charge in [-0.1, -0.05) is 0 Å². The Hall–Kier alpha value is -1.97. The number of hydrogen-bond acceptors (Lipinski definition) is 2. The lowest BCUT2D eigenvalue weighted by atomic mass is 10.1. The van der Waals surface area contributed by atoms with Crippen molar-refractivity contribution in [3.05, 3.63) is 48.2 Å². The lowest BCUT2D eigenvalue weighted by molar-refractivity contribution is 0.509. The largest absolute Gasteiger partial charge is 0.388 e. The van der Waals surface area contributed by atoms with Crippen molar-refractivity contribution in [3.8, 4) is 11.3 Å². The molecule has 1 aromatic carbocycles. The maximum atomic E-state index is 13.0. The Bertz CT molecular complexity index is 512. The van der Waals surface area contributed by atoms with Gasteiger partial charge in [0, 0.05) is 24.5 Å². The van der Waals surface area contributed by atoms with E-state index in [0.29, 0.717) is 11.3 Å². The van der Waals surface area contributed by atoms with Gasteiger partial charge >= 0.3 is 0 Å². The first-order valence-electron chi connectivity index (χ1n) is 4.80. The zero-order valence-corrected chi connectivity index (χ0v) is 8.67. The summed E-state index contributed by atoms with van der Waals surface area (Å²) >= 11 is 0. The van der Waals surface area contributed by atoms with Gasteiger partial charge < -0.3 is 5.32 Å². The van der Waals surface area contributed by atoms with Crippen molar-refractivity contribution in [2.45, 2.75) is 0 Å². The smallest absolute Gasteiger partial charge is 0.159 e. The average Bonchev–Trinajstić information content (AvgIpc) is 2.33. The molecule has 2 nitrogen and oxygen atoms in total. The maximum absolute atomic E-state index is 13.0. The minimum atomic E-state index is -0.867. The van der Waals surface area contributed by atoms with Crippen molar-refractivity contribution in [2.24, 2.45) is 0 Å². The number of rotatable bonds is 2. The van der Waals surface area contributed by atoms with Gasteiger partial charge in [0.15, 0.2) is 11.6 Å². The van der Waals surface area contributed by atoms with Crippen LogP contribution in [0.1, 0.15) is 0 Å². The van der Waals surface area contributed by atoms with Crippen LogP contribution in [0.3, 0.4) is 0 Å². The Labute approximate surface area is 92.0 Å². The number of benzene rings is 1. The molecule has 1 aromatic heterocycles. The van der Waals surface area contributed by atoms with Gasteiger partial charge in [0.2, 0.25) is 0 Å². The molecule has 0 unspecified atom stereocenters. The number of nitrogens with one attached hydrogen (secondary N) is 1. The van der Waals surface area contributed by atoms with E-state index in [-0.39, 0.29) is 0 Å². The van der Waals surface area contributed by atoms with Gasteiger partial charge in [-0.2, -0.15) is 0 Å². The van der Waals surface area contributed by atoms with Crippen LogP contribution in [0, 0.1) is 11.6 Å². The van der Waals surface area contributed by atoms with E-state index in [1.54, 1.807) is 25.4 Å². The van der Waals surface area contributed by atoms with Crippen LogP contribution >= 0.6 is 0 Å². The van der Waals surface area contributed by atoms with Gasteiger partial charge in [-0.05, 0) is 30.3 Å². The minimum Gasteiger partial charge on any atom is -0.388 e. The van der Waals surface area contributed by atoms with Crippen LogP contribution < -0.4 is 5.32 Å². The molecule has 0 aliphatic carbocycles. The molecule has 2 aromatic rings. The van der Waals surface area contributed by atoms with Gasteiger partial charge in [0.25, 0.3) is 0 Å². The number of halogens is 2. The summed E-state index contributed by atoms with van der Waals surface area (Å²) in [5.74, 6) is -1.72. The third kappa shape index (κ3) is 2.00. The van der Waals surface area contributed by atoms with Crippen LogP contribution in [0.2, 0.25) is 0 Å². The molecule has 0 aliphatic heterocycles. The average molecular weight is 220 g/mol. The number of anilines is 1. The highest BCUT2D eigenvalue weighted by atomic mass is 19.2. The van der Waals surface area contributed by atoms with Crippen molar-refractivity contribution in [2.75, 3.05) is 12.4 Å². The van der Waals surface area contributed by atoms with E-state index in [0.717, 1.165) is 17.8 Å². The first-order valence-corrected chi connectivity index (χ1v) is 4.80. The predicted molar refractivity (Wildman–Crippen MR) is 59.1 cm³/mol. The number of nitrogens with zero attached hydrogens (tertiary/aromatic N) is 1. The van der Waals surface area contributed by atoms with Crippen molar-refractivity contribution in [1.82, 2.24) is 4.98 Å². The topological polar surface area (TPSA) is 24.9 Å². The van der Waals surface area contributed by atoms with Crippen LogP contribution in [0.4, 0.5) is 14.5 Å². The first kappa shape index (κ1) is 10.5. The SMILES string of the molecule is CNc1ccnc(-c2ccc(F)c(F)c2)c1. The van der Waals surface area contributed by atoms with Crippen molar-refractivity contribution in [1.29, 1.82) is 0 Å². The van der Waals surface area contributed by atoms with E-state index in [9.17, 15) is 8.78 Å². The van der Waals surface area contributed by atoms with E-state index < -0.39 is 11.6 Å². The third-order valence-electron chi connectivity index (χ3n) is 2.26. The number of pyridine rings is 1. The van der Waals surface area contributed by atoms with E-state index in [4.69, 9.17) is 0 Å². The van der Waals surface area contributed by atoms with Crippen molar-refractivity contribution >= 4 is 5.69 Å². The molecule has 0 bridgehead atoms. The summed E-state index contributed by atoms with van der Waals surface area (Å²) < 4.78 is 25.8. The van der Waals surface area contributed by atoms with Gasteiger partial charge in [-0.25, -0.2) is 8.78 Å². The monoisotopic (exact) mass is 220 g/mol. The molecule has 0 radical (unpaired) electrons. The molecular formula is C12H10F2N2. The molecule has 0 spiro atoms. The molecule has 0 amide bonds. The summed E-state index contributed by atoms with van der Waals surface area (Å²) in [6, 6.07) is 7.30. The molecule has 1 heterocycles. The van der Waals surface area contributed by atoms with Crippen molar-refractivity contribution < 1.29 is 8.78 Å². The minimum absolute atomic E-state index is 0.552. The summed E-state index contributed by atoms with van der Waals surface area (Å²) in [4.78, 5) is 4.10. The summed E-state index contributed by atoms with van der Waals surface area (Å²) in [5, 5.41) is 2.96. The van der Waals surface area contributed by atoms with E-state index in [1.807, 2.05) is 0 Å². The van der Waals surface area contributed by atoms with Crippen LogP contribution in [0.15, 0.2) is 36.5 Å². The zero-order valence-electron chi connectivity index (χ0n) is 8.67. The Morgan fingerprint density at radius 3 is 2.56 bits per heavy atom. The molecule has 1 N–H and O–H groups in total. The second kappa shape index (κ2) is 4.26. The summed E-state index contributed by atoms with van der Waals surface area (Å²) in [6.45, 7) is 0. The lowest BCUT2D eigenvalue weighted by Gasteiger charge is -2.04. The highest BCUT2D eigenvalue weighted by molar-refractivity contribution is 5.63. The number of aromatic nitrogens is 1. The number of hydrogen-bond donors (Lipinski definition) is 1. The molecule has 4 heteroatoms. The van der Waals surface area contributed by atoms with Gasteiger partial charge in [0.1, 0.15) is 0 Å². The Morgan fingerprint density at radius 2 is 1.88 bits per heavy atom. The summed E-state index contributed by atoms with van der Waals surface area (Å²) in [5.41, 5.74) is 2.02. The Balaban J connectivity index is 2.46. The van der Waals surface area contributed by atoms with E-state index >= 15 is 0 Å². The van der Waals surface area contributed by atoms with Gasteiger partial charge in [0.05, 0.1) is 5.69 Å². The Morgan fingerprint density at radius 1 is 1.06 bits per heavy atom. The molecule has 0 aliphatic rings. The van der Waals surface area contributed by atoms with E-state index in [1.165, 1.54) is 6.07 Å².